The lowest BCUT2D eigenvalue weighted by molar-refractivity contribution is 0.200. The van der Waals surface area contributed by atoms with E-state index >= 15 is 0 Å². The van der Waals surface area contributed by atoms with Crippen molar-refractivity contribution in [3.63, 3.8) is 0 Å². The Morgan fingerprint density at radius 2 is 2.25 bits per heavy atom. The van der Waals surface area contributed by atoms with E-state index in [4.69, 9.17) is 10.7 Å². The maximum absolute atomic E-state index is 9.98. The van der Waals surface area contributed by atoms with Crippen LogP contribution in [0.2, 0.25) is 0 Å². The van der Waals surface area contributed by atoms with E-state index in [1.807, 2.05) is 0 Å². The monoisotopic (exact) mass is 157 g/mol. The Morgan fingerprint density at radius 3 is 2.38 bits per heavy atom. The Labute approximate surface area is 55.7 Å². The van der Waals surface area contributed by atoms with Crippen LogP contribution in [0.3, 0.4) is 0 Å². The quantitative estimate of drug-likeness (QED) is 0.437. The Hall–Kier alpha value is 0.360. The lowest BCUT2D eigenvalue weighted by atomic mass is 11.0. The van der Waals surface area contributed by atoms with Crippen molar-refractivity contribution in [1.82, 2.24) is 4.90 Å². The summed E-state index contributed by atoms with van der Waals surface area (Å²) in [5.74, 6) is 0. The van der Waals surface area contributed by atoms with Gasteiger partial charge in [-0.15, -0.1) is 0 Å². The molecule has 0 N–H and O–H groups in total. The van der Waals surface area contributed by atoms with Gasteiger partial charge in [0, 0.05) is 10.7 Å². The highest BCUT2D eigenvalue weighted by molar-refractivity contribution is 8.04. The largest absolute Gasteiger partial charge is 0.286 e. The molecule has 0 amide bonds. The fourth-order valence-electron chi connectivity index (χ4n) is 0.147. The van der Waals surface area contributed by atoms with Gasteiger partial charge in [-0.2, -0.15) is 0 Å². The van der Waals surface area contributed by atoms with E-state index in [2.05, 4.69) is 4.18 Å². The van der Waals surface area contributed by atoms with Crippen molar-refractivity contribution in [1.29, 1.82) is 0 Å². The summed E-state index contributed by atoms with van der Waals surface area (Å²) < 4.78 is 14.4. The fourth-order valence-corrected chi connectivity index (χ4v) is 0.560. The predicted molar refractivity (Wildman–Crippen MR) is 33.6 cm³/mol. The maximum Gasteiger partial charge on any atom is 0.257 e. The molecule has 0 saturated carbocycles. The van der Waals surface area contributed by atoms with Crippen molar-refractivity contribution in [2.45, 2.75) is 0 Å². The van der Waals surface area contributed by atoms with Crippen LogP contribution in [0.1, 0.15) is 0 Å². The molecule has 0 saturated heterocycles. The molecule has 0 aromatic carbocycles. The van der Waals surface area contributed by atoms with E-state index in [0.717, 1.165) is 0 Å². The summed E-state index contributed by atoms with van der Waals surface area (Å²) in [6.07, 6.45) is 0. The van der Waals surface area contributed by atoms with E-state index in [-0.39, 0.29) is 6.73 Å². The molecule has 0 aromatic rings. The molecule has 0 bridgehead atoms. The first-order valence-electron chi connectivity index (χ1n) is 1.99. The third kappa shape index (κ3) is 6.36. The molecule has 0 fully saturated rings. The third-order valence-corrected chi connectivity index (χ3v) is 0.962. The van der Waals surface area contributed by atoms with Crippen LogP contribution >= 0.6 is 10.7 Å². The van der Waals surface area contributed by atoms with Crippen LogP contribution in [0, 0.1) is 0 Å². The molecule has 8 heavy (non-hydrogen) atoms. The zero-order valence-electron chi connectivity index (χ0n) is 4.76. The lowest BCUT2D eigenvalue weighted by Gasteiger charge is -2.05. The van der Waals surface area contributed by atoms with Crippen molar-refractivity contribution in [3.8, 4) is 0 Å². The molecule has 0 aliphatic carbocycles. The van der Waals surface area contributed by atoms with Gasteiger partial charge in [-0.3, -0.25) is 9.08 Å². The normalized spacial score (nSPS) is 14.5. The number of rotatable bonds is 3. The van der Waals surface area contributed by atoms with Crippen LogP contribution in [0.5, 0.6) is 0 Å². The maximum atomic E-state index is 9.98. The van der Waals surface area contributed by atoms with Gasteiger partial charge >= 0.3 is 0 Å². The van der Waals surface area contributed by atoms with E-state index in [1.54, 1.807) is 19.0 Å². The van der Waals surface area contributed by atoms with Gasteiger partial charge in [0.1, 0.15) is 6.73 Å². The molecule has 3 nitrogen and oxygen atoms in total. The van der Waals surface area contributed by atoms with E-state index < -0.39 is 10.3 Å². The molecule has 5 heteroatoms. The first kappa shape index (κ1) is 8.36. The van der Waals surface area contributed by atoms with Crippen molar-refractivity contribution >= 4 is 21.0 Å². The van der Waals surface area contributed by atoms with E-state index in [9.17, 15) is 4.21 Å². The first-order valence-corrected chi connectivity index (χ1v) is 3.89. The lowest BCUT2D eigenvalue weighted by Crippen LogP contribution is -2.15. The highest BCUT2D eigenvalue weighted by Gasteiger charge is 1.92. The summed E-state index contributed by atoms with van der Waals surface area (Å²) in [7, 11) is 6.88. The average molecular weight is 158 g/mol. The number of hydrogen-bond acceptors (Lipinski definition) is 3. The van der Waals surface area contributed by atoms with Crippen molar-refractivity contribution in [2.24, 2.45) is 0 Å². The van der Waals surface area contributed by atoms with Crippen LogP contribution in [0.25, 0.3) is 0 Å². The summed E-state index contributed by atoms with van der Waals surface area (Å²) >= 11 is 0. The molecule has 50 valence electrons. The number of nitrogens with zero attached hydrogens (tertiary/aromatic N) is 1. The van der Waals surface area contributed by atoms with Gasteiger partial charge in [0.2, 0.25) is 0 Å². The molecule has 0 aromatic heterocycles. The number of hydrogen-bond donors (Lipinski definition) is 0. The molecule has 0 spiro atoms. The van der Waals surface area contributed by atoms with Gasteiger partial charge in [-0.25, -0.2) is 4.21 Å². The molecule has 0 radical (unpaired) electrons. The molecular formula is C3H8ClNO2S. The minimum absolute atomic E-state index is 0.288. The highest BCUT2D eigenvalue weighted by atomic mass is 35.7. The standard InChI is InChI=1S/C3H8ClNO2S/c1-5(2)3-7-8(4)6/h3H2,1-2H3. The van der Waals surface area contributed by atoms with Gasteiger partial charge < -0.3 is 0 Å². The van der Waals surface area contributed by atoms with Crippen LogP contribution in [0.15, 0.2) is 0 Å². The number of halogens is 1. The fraction of sp³-hybridized carbons (Fsp3) is 1.00. The van der Waals surface area contributed by atoms with Crippen LogP contribution < -0.4 is 0 Å². The van der Waals surface area contributed by atoms with Gasteiger partial charge in [0.25, 0.3) is 10.3 Å². The van der Waals surface area contributed by atoms with Crippen molar-refractivity contribution in [2.75, 3.05) is 20.8 Å². The molecule has 0 aliphatic rings. The highest BCUT2D eigenvalue weighted by Crippen LogP contribution is 1.90. The Morgan fingerprint density at radius 1 is 1.75 bits per heavy atom. The summed E-state index contributed by atoms with van der Waals surface area (Å²) in [5, 5.41) is 0. The summed E-state index contributed by atoms with van der Waals surface area (Å²) in [4.78, 5) is 1.72. The van der Waals surface area contributed by atoms with Gasteiger partial charge in [-0.1, -0.05) is 0 Å². The molecule has 0 aliphatic heterocycles. The summed E-state index contributed by atoms with van der Waals surface area (Å²) in [6.45, 7) is 0.288. The minimum Gasteiger partial charge on any atom is -0.286 e. The molecule has 1 atom stereocenters. The summed E-state index contributed by atoms with van der Waals surface area (Å²) in [5.41, 5.74) is 0. The van der Waals surface area contributed by atoms with Crippen molar-refractivity contribution < 1.29 is 8.39 Å². The molecular weight excluding hydrogens is 150 g/mol. The van der Waals surface area contributed by atoms with Crippen LogP contribution in [-0.2, 0) is 14.5 Å². The second kappa shape index (κ2) is 4.26. The van der Waals surface area contributed by atoms with Gasteiger partial charge in [0.05, 0.1) is 0 Å². The average Bonchev–Trinajstić information content (AvgIpc) is 1.61. The molecule has 0 heterocycles. The second-order valence-electron chi connectivity index (χ2n) is 1.52. The van der Waals surface area contributed by atoms with E-state index in [0.29, 0.717) is 0 Å². The van der Waals surface area contributed by atoms with Crippen LogP contribution in [-0.4, -0.2) is 29.9 Å². The topological polar surface area (TPSA) is 29.5 Å². The zero-order chi connectivity index (χ0) is 6.57. The van der Waals surface area contributed by atoms with Gasteiger partial charge in [-0.05, 0) is 14.1 Å². The minimum atomic E-state index is -1.66. The Bertz CT molecular complexity index is 87.4. The zero-order valence-corrected chi connectivity index (χ0v) is 6.33. The second-order valence-corrected chi connectivity index (χ2v) is 2.90. The SMILES string of the molecule is CN(C)COS(=O)Cl. The summed E-state index contributed by atoms with van der Waals surface area (Å²) in [6, 6.07) is 0. The molecule has 1 unspecified atom stereocenters. The third-order valence-electron chi connectivity index (χ3n) is 0.404. The predicted octanol–water partition coefficient (Wildman–Crippen LogP) is 0.340. The Kier molecular flexibility index (Phi) is 4.45. The smallest absolute Gasteiger partial charge is 0.257 e. The Balaban J connectivity index is 3.05. The van der Waals surface area contributed by atoms with Crippen LogP contribution in [0.4, 0.5) is 0 Å². The first-order chi connectivity index (χ1) is 3.63. The van der Waals surface area contributed by atoms with Gasteiger partial charge in [0.15, 0.2) is 0 Å². The molecule has 0 rings (SSSR count). The van der Waals surface area contributed by atoms with E-state index in [1.165, 1.54) is 0 Å². The van der Waals surface area contributed by atoms with Crippen molar-refractivity contribution in [3.05, 3.63) is 0 Å².